The number of halogens is 4. The highest BCUT2D eigenvalue weighted by molar-refractivity contribution is 6.34. The Morgan fingerprint density at radius 2 is 1.84 bits per heavy atom. The lowest BCUT2D eigenvalue weighted by Crippen LogP contribution is -2.40. The van der Waals surface area contributed by atoms with E-state index in [-0.39, 0.29) is 71.2 Å². The van der Waals surface area contributed by atoms with E-state index in [1.165, 1.54) is 36.4 Å². The number of ether oxygens (including phenoxy) is 2. The van der Waals surface area contributed by atoms with Crippen molar-refractivity contribution in [2.24, 2.45) is 13.0 Å². The van der Waals surface area contributed by atoms with Gasteiger partial charge in [0.15, 0.2) is 0 Å². The molecule has 0 bridgehead atoms. The van der Waals surface area contributed by atoms with Crippen LogP contribution >= 0.6 is 11.6 Å². The molecule has 8 nitrogen and oxygen atoms in total. The van der Waals surface area contributed by atoms with Gasteiger partial charge in [0.1, 0.15) is 17.8 Å². The summed E-state index contributed by atoms with van der Waals surface area (Å²) in [6.45, 7) is 0.0235. The van der Waals surface area contributed by atoms with Gasteiger partial charge in [-0.1, -0.05) is 17.7 Å². The average molecular weight is 620 g/mol. The minimum Gasteiger partial charge on any atom is -0.469 e. The van der Waals surface area contributed by atoms with Crippen molar-refractivity contribution >= 4 is 46.0 Å². The van der Waals surface area contributed by atoms with Crippen molar-refractivity contribution in [3.8, 4) is 0 Å². The average Bonchev–Trinajstić information content (AvgIpc) is 3.54. The number of carbonyl (C=O) groups excluding carboxylic acids is 3. The molecule has 1 aliphatic heterocycles. The van der Waals surface area contributed by atoms with Gasteiger partial charge in [-0.05, 0) is 55.5 Å². The fraction of sp³-hybridized carbons (Fsp3) is 0.452. The maximum Gasteiger partial charge on any atom is 0.308 e. The van der Waals surface area contributed by atoms with Crippen molar-refractivity contribution in [2.45, 2.75) is 56.8 Å². The van der Waals surface area contributed by atoms with Gasteiger partial charge in [-0.2, -0.15) is 0 Å². The summed E-state index contributed by atoms with van der Waals surface area (Å²) in [6.07, 6.45) is 2.54. The Morgan fingerprint density at radius 3 is 2.56 bits per heavy atom. The normalized spacial score (nSPS) is 22.1. The molecule has 1 N–H and O–H groups in total. The number of benzene rings is 2. The zero-order valence-corrected chi connectivity index (χ0v) is 24.6. The number of carbonyl (C=O) groups is 3. The first kappa shape index (κ1) is 30.9. The molecular formula is C31H33ClF3N3O5. The number of nitrogens with zero attached hydrogens (tertiary/aromatic N) is 2. The van der Waals surface area contributed by atoms with E-state index in [2.05, 4.69) is 5.32 Å². The summed E-state index contributed by atoms with van der Waals surface area (Å²) in [6, 6.07) is 6.22. The van der Waals surface area contributed by atoms with Crippen LogP contribution in [0.15, 0.2) is 36.5 Å². The zero-order chi connectivity index (χ0) is 30.8. The van der Waals surface area contributed by atoms with E-state index in [1.54, 1.807) is 17.7 Å². The van der Waals surface area contributed by atoms with Crippen molar-refractivity contribution in [3.05, 3.63) is 64.3 Å². The largest absolute Gasteiger partial charge is 0.469 e. The second-order valence-corrected chi connectivity index (χ2v) is 11.6. The Morgan fingerprint density at radius 1 is 1.09 bits per heavy atom. The molecule has 2 amide bonds. The molecule has 1 aliphatic carbocycles. The molecule has 0 unspecified atom stereocenters. The summed E-state index contributed by atoms with van der Waals surface area (Å²) in [5.41, 5.74) is 0.536. The van der Waals surface area contributed by atoms with E-state index in [4.69, 9.17) is 21.1 Å². The summed E-state index contributed by atoms with van der Waals surface area (Å²) in [4.78, 5) is 39.3. The lowest BCUT2D eigenvalue weighted by atomic mass is 9.87. The van der Waals surface area contributed by atoms with Gasteiger partial charge in [0, 0.05) is 25.1 Å². The molecule has 2 aliphatic rings. The number of fused-ring (bicyclic) bond motifs is 1. The van der Waals surface area contributed by atoms with Crippen LogP contribution < -0.4 is 5.32 Å². The molecule has 1 aromatic heterocycles. The standard InChI is InChI=1S/C31H33ClF3N3O5/c1-37-15-22(29-24(34)4-3-5-27(29)37)30(40)36-26-13-25(35)18(10-23(26)32)11-28(39)38-14-19(33)12-20(38)16-43-21-8-6-17(7-9-21)31(41)42-2/h3-5,10,13,15,17,19-21H,6-9,11-12,14,16H2,1-2H3,(H,36,40)/t17?,19-,20-,21?/m0/s1. The van der Waals surface area contributed by atoms with Crippen LogP contribution in [0.2, 0.25) is 5.02 Å². The minimum atomic E-state index is -1.22. The fourth-order valence-electron chi connectivity index (χ4n) is 6.05. The van der Waals surface area contributed by atoms with Crippen LogP contribution in [0.5, 0.6) is 0 Å². The van der Waals surface area contributed by atoms with E-state index in [1.807, 2.05) is 0 Å². The molecule has 230 valence electrons. The molecule has 2 aromatic carbocycles. The van der Waals surface area contributed by atoms with Crippen molar-refractivity contribution < 1.29 is 37.0 Å². The van der Waals surface area contributed by atoms with Gasteiger partial charge in [0.25, 0.3) is 5.91 Å². The van der Waals surface area contributed by atoms with Gasteiger partial charge >= 0.3 is 5.97 Å². The van der Waals surface area contributed by atoms with E-state index >= 15 is 4.39 Å². The van der Waals surface area contributed by atoms with Crippen molar-refractivity contribution in [1.82, 2.24) is 9.47 Å². The highest BCUT2D eigenvalue weighted by atomic mass is 35.5. The van der Waals surface area contributed by atoms with Crippen LogP contribution in [0, 0.1) is 17.6 Å². The molecule has 2 fully saturated rings. The van der Waals surface area contributed by atoms with Crippen LogP contribution in [0.3, 0.4) is 0 Å². The maximum atomic E-state index is 15.2. The Bertz CT molecular complexity index is 1540. The van der Waals surface area contributed by atoms with Gasteiger partial charge in [-0.25, -0.2) is 13.2 Å². The predicted molar refractivity (Wildman–Crippen MR) is 155 cm³/mol. The van der Waals surface area contributed by atoms with Crippen molar-refractivity contribution in [1.29, 1.82) is 0 Å². The molecule has 0 spiro atoms. The van der Waals surface area contributed by atoms with Gasteiger partial charge < -0.3 is 24.3 Å². The number of anilines is 1. The van der Waals surface area contributed by atoms with Crippen molar-refractivity contribution in [3.63, 3.8) is 0 Å². The van der Waals surface area contributed by atoms with Crippen LogP contribution in [0.25, 0.3) is 10.9 Å². The minimum absolute atomic E-state index is 0.00712. The first-order valence-corrected chi connectivity index (χ1v) is 14.6. The number of alkyl halides is 1. The molecule has 2 heterocycles. The number of rotatable bonds is 8. The molecule has 3 aromatic rings. The van der Waals surface area contributed by atoms with Gasteiger partial charge in [0.2, 0.25) is 5.91 Å². The monoisotopic (exact) mass is 619 g/mol. The summed E-state index contributed by atoms with van der Waals surface area (Å²) in [5, 5.41) is 2.65. The van der Waals surface area contributed by atoms with E-state index < -0.39 is 35.7 Å². The number of methoxy groups -OCH3 is 1. The van der Waals surface area contributed by atoms with Crippen molar-refractivity contribution in [2.75, 3.05) is 25.6 Å². The van der Waals surface area contributed by atoms with Crippen LogP contribution in [0.4, 0.5) is 18.9 Å². The highest BCUT2D eigenvalue weighted by Gasteiger charge is 2.37. The third kappa shape index (κ3) is 6.67. The van der Waals surface area contributed by atoms with Crippen LogP contribution in [-0.2, 0) is 32.5 Å². The number of amides is 2. The summed E-state index contributed by atoms with van der Waals surface area (Å²) in [5.74, 6) is -2.86. The zero-order valence-electron chi connectivity index (χ0n) is 23.9. The first-order valence-electron chi connectivity index (χ1n) is 14.2. The third-order valence-electron chi connectivity index (χ3n) is 8.35. The lowest BCUT2D eigenvalue weighted by Gasteiger charge is -2.30. The second kappa shape index (κ2) is 13.0. The molecule has 1 saturated carbocycles. The lowest BCUT2D eigenvalue weighted by molar-refractivity contribution is -0.148. The number of aromatic nitrogens is 1. The number of hydrogen-bond acceptors (Lipinski definition) is 5. The SMILES string of the molecule is COC(=O)C1CCC(OC[C@@H]2C[C@H](F)CN2C(=O)Cc2cc(Cl)c(NC(=O)c3cn(C)c4cccc(F)c34)cc2F)CC1. The Labute approximate surface area is 252 Å². The molecule has 5 rings (SSSR count). The number of likely N-dealkylation sites (tertiary alicyclic amines) is 1. The predicted octanol–water partition coefficient (Wildman–Crippen LogP) is 5.59. The number of nitrogens with one attached hydrogen (secondary N) is 1. The maximum absolute atomic E-state index is 15.2. The highest BCUT2D eigenvalue weighted by Crippen LogP contribution is 2.31. The Hall–Kier alpha value is -3.57. The second-order valence-electron chi connectivity index (χ2n) is 11.2. The van der Waals surface area contributed by atoms with Gasteiger partial charge in [0.05, 0.1) is 66.5 Å². The van der Waals surface area contributed by atoms with Gasteiger partial charge in [-0.15, -0.1) is 0 Å². The summed E-state index contributed by atoms with van der Waals surface area (Å²) in [7, 11) is 3.05. The van der Waals surface area contributed by atoms with E-state index in [9.17, 15) is 23.2 Å². The Kier molecular flexibility index (Phi) is 9.31. The smallest absolute Gasteiger partial charge is 0.308 e. The van der Waals surface area contributed by atoms with Crippen LogP contribution in [0.1, 0.15) is 48.0 Å². The molecule has 2 atom stereocenters. The number of esters is 1. The molecule has 43 heavy (non-hydrogen) atoms. The molecular weight excluding hydrogens is 587 g/mol. The Balaban J connectivity index is 1.21. The molecule has 1 saturated heterocycles. The van der Waals surface area contributed by atoms with E-state index in [0.717, 1.165) is 6.07 Å². The molecule has 12 heteroatoms. The number of aryl methyl sites for hydroxylation is 1. The summed E-state index contributed by atoms with van der Waals surface area (Å²) < 4.78 is 56.5. The third-order valence-corrected chi connectivity index (χ3v) is 8.66. The quantitative estimate of drug-likeness (QED) is 0.332. The van der Waals surface area contributed by atoms with E-state index in [0.29, 0.717) is 31.2 Å². The molecule has 0 radical (unpaired) electrons. The van der Waals surface area contributed by atoms with Gasteiger partial charge in [-0.3, -0.25) is 14.4 Å². The first-order chi connectivity index (χ1) is 20.5. The van der Waals surface area contributed by atoms with Crippen LogP contribution in [-0.4, -0.2) is 65.8 Å². The fourth-order valence-corrected chi connectivity index (χ4v) is 6.28. The number of hydrogen-bond donors (Lipinski definition) is 1. The summed E-state index contributed by atoms with van der Waals surface area (Å²) >= 11 is 6.36. The topological polar surface area (TPSA) is 89.9 Å².